The number of nitrogens with one attached hydrogen (secondary N) is 3. The fourth-order valence-corrected chi connectivity index (χ4v) is 4.33. The molecule has 0 saturated carbocycles. The van der Waals surface area contributed by atoms with E-state index >= 15 is 0 Å². The summed E-state index contributed by atoms with van der Waals surface area (Å²) in [5.74, 6) is -1.07. The van der Waals surface area contributed by atoms with Crippen LogP contribution in [0.4, 0.5) is 32.8 Å². The molecule has 1 fully saturated rings. The Kier molecular flexibility index (Phi) is 7.10. The summed E-state index contributed by atoms with van der Waals surface area (Å²) >= 11 is 0. The van der Waals surface area contributed by atoms with E-state index in [2.05, 4.69) is 20.9 Å². The molecule has 194 valence electrons. The van der Waals surface area contributed by atoms with Crippen molar-refractivity contribution in [2.24, 2.45) is 7.05 Å². The van der Waals surface area contributed by atoms with E-state index in [1.54, 1.807) is 71.6 Å². The first-order valence-corrected chi connectivity index (χ1v) is 12.3. The number of aromatic nitrogens is 1. The lowest BCUT2D eigenvalue weighted by Crippen LogP contribution is -2.21. The van der Waals surface area contributed by atoms with Crippen molar-refractivity contribution in [2.45, 2.75) is 12.5 Å². The number of carbonyl (C=O) groups is 2. The molecule has 8 nitrogen and oxygen atoms in total. The number of anilines is 5. The van der Waals surface area contributed by atoms with Crippen molar-refractivity contribution in [3.63, 3.8) is 0 Å². The molecule has 0 unspecified atom stereocenters. The molecule has 1 saturated heterocycles. The molecule has 1 aliphatic rings. The Morgan fingerprint density at radius 1 is 0.868 bits per heavy atom. The highest BCUT2D eigenvalue weighted by Crippen LogP contribution is 2.25. The van der Waals surface area contributed by atoms with Crippen LogP contribution in [0.25, 0.3) is 0 Å². The lowest BCUT2D eigenvalue weighted by molar-refractivity contribution is 0.101. The predicted molar refractivity (Wildman–Crippen MR) is 147 cm³/mol. The zero-order valence-corrected chi connectivity index (χ0v) is 20.8. The fourth-order valence-electron chi connectivity index (χ4n) is 4.33. The number of aryl methyl sites for hydroxylation is 1. The summed E-state index contributed by atoms with van der Waals surface area (Å²) < 4.78 is 16.6. The summed E-state index contributed by atoms with van der Waals surface area (Å²) in [6.45, 7) is 1.36. The molecule has 9 heteroatoms. The first-order valence-electron chi connectivity index (χ1n) is 12.3. The molecule has 4 N–H and O–H groups in total. The second kappa shape index (κ2) is 10.8. The average molecular weight is 514 g/mol. The van der Waals surface area contributed by atoms with Gasteiger partial charge in [-0.3, -0.25) is 9.59 Å². The highest BCUT2D eigenvalue weighted by Gasteiger charge is 2.20. The molecule has 38 heavy (non-hydrogen) atoms. The van der Waals surface area contributed by atoms with Gasteiger partial charge in [-0.1, -0.05) is 0 Å². The highest BCUT2D eigenvalue weighted by atomic mass is 19.1. The van der Waals surface area contributed by atoms with Crippen LogP contribution in [0, 0.1) is 5.82 Å². The van der Waals surface area contributed by atoms with Crippen molar-refractivity contribution >= 4 is 40.3 Å². The van der Waals surface area contributed by atoms with Gasteiger partial charge < -0.3 is 30.5 Å². The number of hydrogen-bond acceptors (Lipinski definition) is 5. The number of benzene rings is 3. The Labute approximate surface area is 219 Å². The number of halogens is 1. The standard InChI is InChI=1S/C29H28FN5O3/c1-34-14-12-20(17-34)29(38)32-22-6-4-21(5-7-22)31-27-11-8-23(16-26(27)30)33-28(37)19-2-9-24(10-3-19)35-15-13-25(36)18-35/h2-12,14,16-17,25,31,36H,13,15,18H2,1H3,(H,32,38)(H,33,37)/t25-/m1/s1. The van der Waals surface area contributed by atoms with Gasteiger partial charge in [0.1, 0.15) is 5.82 Å². The Hall–Kier alpha value is -4.63. The van der Waals surface area contributed by atoms with Crippen molar-refractivity contribution in [2.75, 3.05) is 33.9 Å². The zero-order valence-electron chi connectivity index (χ0n) is 20.8. The minimum Gasteiger partial charge on any atom is -0.391 e. The highest BCUT2D eigenvalue weighted by molar-refractivity contribution is 6.05. The SMILES string of the molecule is Cn1ccc(C(=O)Nc2ccc(Nc3ccc(NC(=O)c4ccc(N5CC[C@@H](O)C5)cc4)cc3F)cc2)c1. The molecule has 2 heterocycles. The van der Waals surface area contributed by atoms with Gasteiger partial charge in [0.15, 0.2) is 0 Å². The minimum absolute atomic E-state index is 0.211. The number of β-amino-alcohol motifs (C(OH)–C–C–N with tert-alkyl or cyclic N) is 1. The van der Waals surface area contributed by atoms with Gasteiger partial charge in [-0.05, 0) is 79.2 Å². The molecule has 1 aliphatic heterocycles. The molecule has 1 aromatic heterocycles. The normalized spacial score (nSPS) is 14.8. The van der Waals surface area contributed by atoms with E-state index in [1.165, 1.54) is 6.07 Å². The van der Waals surface area contributed by atoms with E-state index in [-0.39, 0.29) is 23.6 Å². The van der Waals surface area contributed by atoms with E-state index in [0.717, 1.165) is 18.7 Å². The predicted octanol–water partition coefficient (Wildman–Crippen LogP) is 4.98. The topological polar surface area (TPSA) is 98.6 Å². The van der Waals surface area contributed by atoms with Crippen LogP contribution >= 0.6 is 0 Å². The van der Waals surface area contributed by atoms with Crippen LogP contribution in [0.15, 0.2) is 85.2 Å². The Morgan fingerprint density at radius 2 is 1.53 bits per heavy atom. The van der Waals surface area contributed by atoms with E-state index in [9.17, 15) is 19.1 Å². The second-order valence-electron chi connectivity index (χ2n) is 9.31. The summed E-state index contributed by atoms with van der Waals surface area (Å²) in [7, 11) is 1.85. The summed E-state index contributed by atoms with van der Waals surface area (Å²) in [6.07, 6.45) is 3.94. The summed E-state index contributed by atoms with van der Waals surface area (Å²) in [5.41, 5.74) is 3.81. The third-order valence-corrected chi connectivity index (χ3v) is 6.40. The number of rotatable bonds is 7. The van der Waals surface area contributed by atoms with E-state index in [1.807, 2.05) is 19.2 Å². The van der Waals surface area contributed by atoms with Gasteiger partial charge in [0.25, 0.3) is 11.8 Å². The maximum absolute atomic E-state index is 14.8. The molecule has 2 amide bonds. The molecule has 1 atom stereocenters. The number of amides is 2. The lowest BCUT2D eigenvalue weighted by Gasteiger charge is -2.18. The van der Waals surface area contributed by atoms with Crippen LogP contribution in [-0.4, -0.2) is 40.7 Å². The molecule has 0 radical (unpaired) electrons. The van der Waals surface area contributed by atoms with Crippen LogP contribution < -0.4 is 20.9 Å². The number of aliphatic hydroxyl groups is 1. The van der Waals surface area contributed by atoms with Gasteiger partial charge in [0.05, 0.1) is 17.4 Å². The number of aliphatic hydroxyl groups excluding tert-OH is 1. The smallest absolute Gasteiger partial charge is 0.257 e. The van der Waals surface area contributed by atoms with Crippen molar-refractivity contribution < 1.29 is 19.1 Å². The van der Waals surface area contributed by atoms with Crippen LogP contribution in [0.2, 0.25) is 0 Å². The fraction of sp³-hybridized carbons (Fsp3) is 0.172. The largest absolute Gasteiger partial charge is 0.391 e. The van der Waals surface area contributed by atoms with Gasteiger partial charge in [-0.15, -0.1) is 0 Å². The number of carbonyl (C=O) groups excluding carboxylic acids is 2. The molecule has 5 rings (SSSR count). The monoisotopic (exact) mass is 513 g/mol. The third kappa shape index (κ3) is 5.84. The van der Waals surface area contributed by atoms with Crippen LogP contribution in [0.1, 0.15) is 27.1 Å². The van der Waals surface area contributed by atoms with Crippen molar-refractivity contribution in [3.05, 3.63) is 102 Å². The molecule has 0 aliphatic carbocycles. The summed E-state index contributed by atoms with van der Waals surface area (Å²) in [4.78, 5) is 27.0. The molecular weight excluding hydrogens is 485 g/mol. The Balaban J connectivity index is 1.17. The molecule has 0 bridgehead atoms. The first kappa shape index (κ1) is 25.0. The van der Waals surface area contributed by atoms with Gasteiger partial charge in [-0.2, -0.15) is 0 Å². The van der Waals surface area contributed by atoms with Crippen molar-refractivity contribution in [1.82, 2.24) is 4.57 Å². The van der Waals surface area contributed by atoms with E-state index in [4.69, 9.17) is 0 Å². The van der Waals surface area contributed by atoms with Crippen molar-refractivity contribution in [1.29, 1.82) is 0 Å². The Morgan fingerprint density at radius 3 is 2.16 bits per heavy atom. The van der Waals surface area contributed by atoms with Gasteiger partial charge in [0.2, 0.25) is 0 Å². The van der Waals surface area contributed by atoms with Crippen molar-refractivity contribution in [3.8, 4) is 0 Å². The third-order valence-electron chi connectivity index (χ3n) is 6.40. The van der Waals surface area contributed by atoms with Crippen LogP contribution in [0.3, 0.4) is 0 Å². The summed E-state index contributed by atoms with van der Waals surface area (Å²) in [6, 6.07) is 20.2. The number of hydrogen-bond donors (Lipinski definition) is 4. The van der Waals surface area contributed by atoms with E-state index < -0.39 is 5.82 Å². The minimum atomic E-state index is -0.521. The first-order chi connectivity index (χ1) is 18.3. The van der Waals surface area contributed by atoms with Gasteiger partial charge in [0, 0.05) is 60.8 Å². The van der Waals surface area contributed by atoms with Crippen LogP contribution in [-0.2, 0) is 7.05 Å². The number of nitrogens with zero attached hydrogens (tertiary/aromatic N) is 2. The van der Waals surface area contributed by atoms with Gasteiger partial charge in [-0.25, -0.2) is 4.39 Å². The molecule has 3 aromatic carbocycles. The van der Waals surface area contributed by atoms with Gasteiger partial charge >= 0.3 is 0 Å². The molecule has 0 spiro atoms. The maximum atomic E-state index is 14.8. The molecule has 4 aromatic rings. The van der Waals surface area contributed by atoms with Crippen LogP contribution in [0.5, 0.6) is 0 Å². The second-order valence-corrected chi connectivity index (χ2v) is 9.31. The maximum Gasteiger partial charge on any atom is 0.257 e. The van der Waals surface area contributed by atoms with E-state index in [0.29, 0.717) is 34.7 Å². The average Bonchev–Trinajstić information content (AvgIpc) is 3.55. The zero-order chi connectivity index (χ0) is 26.6. The Bertz CT molecular complexity index is 1450. The molecular formula is C29H28FN5O3. The summed E-state index contributed by atoms with van der Waals surface area (Å²) in [5, 5.41) is 18.3. The quantitative estimate of drug-likeness (QED) is 0.279. The lowest BCUT2D eigenvalue weighted by atomic mass is 10.1.